The number of nitrogens with one attached hydrogen (secondary N) is 1. The number of hydrogen-bond acceptors (Lipinski definition) is 4. The maximum atomic E-state index is 10.0. The van der Waals surface area contributed by atoms with E-state index in [0.717, 1.165) is 11.6 Å². The van der Waals surface area contributed by atoms with Gasteiger partial charge in [-0.05, 0) is 5.56 Å². The highest BCUT2D eigenvalue weighted by Crippen LogP contribution is 2.20. The highest BCUT2D eigenvalue weighted by molar-refractivity contribution is 5.36. The van der Waals surface area contributed by atoms with Crippen LogP contribution in [0.15, 0.2) is 30.3 Å². The molecular formula is C13H15N3O2. The molecule has 5 nitrogen and oxygen atoms in total. The molecule has 1 aromatic heterocycles. The molecule has 0 radical (unpaired) electrons. The summed E-state index contributed by atoms with van der Waals surface area (Å²) in [6, 6.07) is 10.1. The summed E-state index contributed by atoms with van der Waals surface area (Å²) in [5.74, 6) is 1.72. The van der Waals surface area contributed by atoms with Crippen LogP contribution in [0.1, 0.15) is 30.1 Å². The van der Waals surface area contributed by atoms with Crippen LogP contribution in [-0.2, 0) is 16.0 Å². The van der Waals surface area contributed by atoms with Crippen LogP contribution in [0.5, 0.6) is 0 Å². The molecule has 0 bridgehead atoms. The predicted octanol–water partition coefficient (Wildman–Crippen LogP) is 1.67. The van der Waals surface area contributed by atoms with Gasteiger partial charge in [-0.1, -0.05) is 37.3 Å². The van der Waals surface area contributed by atoms with Crippen LogP contribution in [0.25, 0.3) is 0 Å². The number of carbonyl (C=O) groups excluding carboxylic acids is 1. The van der Waals surface area contributed by atoms with E-state index < -0.39 is 0 Å². The van der Waals surface area contributed by atoms with E-state index in [1.807, 2.05) is 18.2 Å². The summed E-state index contributed by atoms with van der Waals surface area (Å²) in [5, 5.41) is 8.15. The average molecular weight is 245 g/mol. The highest BCUT2D eigenvalue weighted by Gasteiger charge is 2.12. The molecule has 5 heteroatoms. The summed E-state index contributed by atoms with van der Waals surface area (Å²) < 4.78 is 4.62. The van der Waals surface area contributed by atoms with Crippen molar-refractivity contribution in [1.82, 2.24) is 15.2 Å². The molecule has 1 unspecified atom stereocenters. The second-order valence-corrected chi connectivity index (χ2v) is 4.01. The fourth-order valence-corrected chi connectivity index (χ4v) is 1.72. The van der Waals surface area contributed by atoms with Gasteiger partial charge >= 0.3 is 0 Å². The van der Waals surface area contributed by atoms with Gasteiger partial charge in [-0.15, -0.1) is 10.2 Å². The van der Waals surface area contributed by atoms with E-state index in [0.29, 0.717) is 19.5 Å². The first-order valence-electron chi connectivity index (χ1n) is 5.83. The first-order valence-corrected chi connectivity index (χ1v) is 5.83. The minimum atomic E-state index is 0.166. The summed E-state index contributed by atoms with van der Waals surface area (Å²) in [7, 11) is 0. The van der Waals surface area contributed by atoms with Crippen molar-refractivity contribution in [3.05, 3.63) is 47.5 Å². The number of hydrogen-bond donors (Lipinski definition) is 1. The summed E-state index contributed by atoms with van der Waals surface area (Å²) in [5.41, 5.74) is 1.18. The quantitative estimate of drug-likeness (QED) is 0.621. The third-order valence-electron chi connectivity index (χ3n) is 2.79. The fraction of sp³-hybridized carbons (Fsp3) is 0.308. The van der Waals surface area contributed by atoms with Crippen LogP contribution in [0.4, 0.5) is 0 Å². The minimum Gasteiger partial charge on any atom is -0.467 e. The lowest BCUT2D eigenvalue weighted by Crippen LogP contribution is -2.00. The lowest BCUT2D eigenvalue weighted by atomic mass is 10.0. The molecule has 1 heterocycles. The first kappa shape index (κ1) is 12.3. The van der Waals surface area contributed by atoms with E-state index >= 15 is 0 Å². The van der Waals surface area contributed by atoms with Crippen LogP contribution in [0.3, 0.4) is 0 Å². The Bertz CT molecular complexity index is 496. The number of aromatic amines is 1. The van der Waals surface area contributed by atoms with Gasteiger partial charge in [0.05, 0.1) is 6.61 Å². The monoisotopic (exact) mass is 245 g/mol. The smallest absolute Gasteiger partial charge is 0.293 e. The standard InChI is InChI=1S/C13H15N3O2/c1-10(11-5-3-2-4-6-11)13-14-12(15-16-13)7-8-18-9-17/h2-6,9-10H,7-8H2,1H3,(H,14,15,16). The SMILES string of the molecule is CC(c1ccccc1)c1nnc(CCOC=O)[nH]1. The molecule has 0 spiro atoms. The van der Waals surface area contributed by atoms with Crippen molar-refractivity contribution in [2.24, 2.45) is 0 Å². The van der Waals surface area contributed by atoms with Gasteiger partial charge in [-0.3, -0.25) is 4.79 Å². The molecule has 1 aromatic carbocycles. The van der Waals surface area contributed by atoms with Crippen molar-refractivity contribution in [2.75, 3.05) is 6.61 Å². The van der Waals surface area contributed by atoms with E-state index in [2.05, 4.69) is 39.0 Å². The average Bonchev–Trinajstić information content (AvgIpc) is 2.88. The van der Waals surface area contributed by atoms with Crippen LogP contribution in [0.2, 0.25) is 0 Å². The van der Waals surface area contributed by atoms with Crippen molar-refractivity contribution in [3.8, 4) is 0 Å². The Hall–Kier alpha value is -2.17. The summed E-state index contributed by atoms with van der Waals surface area (Å²) in [4.78, 5) is 13.2. The zero-order chi connectivity index (χ0) is 12.8. The number of nitrogens with zero attached hydrogens (tertiary/aromatic N) is 2. The van der Waals surface area contributed by atoms with E-state index in [1.165, 1.54) is 5.56 Å². The molecule has 18 heavy (non-hydrogen) atoms. The predicted molar refractivity (Wildman–Crippen MR) is 66.1 cm³/mol. The van der Waals surface area contributed by atoms with Crippen molar-refractivity contribution < 1.29 is 9.53 Å². The van der Waals surface area contributed by atoms with Gasteiger partial charge in [0.2, 0.25) is 0 Å². The number of carbonyl (C=O) groups is 1. The molecule has 1 N–H and O–H groups in total. The lowest BCUT2D eigenvalue weighted by Gasteiger charge is -2.07. The molecule has 0 saturated heterocycles. The van der Waals surface area contributed by atoms with Gasteiger partial charge in [0.15, 0.2) is 0 Å². The Morgan fingerprint density at radius 1 is 1.33 bits per heavy atom. The number of ether oxygens (including phenoxy) is 1. The number of aromatic nitrogens is 3. The number of benzene rings is 1. The largest absolute Gasteiger partial charge is 0.467 e. The van der Waals surface area contributed by atoms with E-state index in [4.69, 9.17) is 0 Å². The Morgan fingerprint density at radius 3 is 2.83 bits per heavy atom. The molecule has 1 atom stereocenters. The van der Waals surface area contributed by atoms with Crippen molar-refractivity contribution in [3.63, 3.8) is 0 Å². The summed E-state index contributed by atoms with van der Waals surface area (Å²) in [6.45, 7) is 2.82. The van der Waals surface area contributed by atoms with Crippen LogP contribution in [-0.4, -0.2) is 28.3 Å². The van der Waals surface area contributed by atoms with Gasteiger partial charge < -0.3 is 9.72 Å². The number of H-pyrrole nitrogens is 1. The molecule has 0 saturated carbocycles. The molecule has 0 aliphatic carbocycles. The third kappa shape index (κ3) is 2.94. The fourth-order valence-electron chi connectivity index (χ4n) is 1.72. The topological polar surface area (TPSA) is 67.9 Å². The molecule has 0 aliphatic heterocycles. The van der Waals surface area contributed by atoms with Crippen LogP contribution < -0.4 is 0 Å². The molecule has 2 rings (SSSR count). The van der Waals surface area contributed by atoms with Crippen LogP contribution in [0, 0.1) is 0 Å². The summed E-state index contributed by atoms with van der Waals surface area (Å²) in [6.07, 6.45) is 0.549. The maximum Gasteiger partial charge on any atom is 0.293 e. The van der Waals surface area contributed by atoms with Crippen molar-refractivity contribution >= 4 is 6.47 Å². The first-order chi connectivity index (χ1) is 8.81. The van der Waals surface area contributed by atoms with E-state index in [-0.39, 0.29) is 5.92 Å². The van der Waals surface area contributed by atoms with E-state index in [9.17, 15) is 4.79 Å². The zero-order valence-corrected chi connectivity index (χ0v) is 10.2. The third-order valence-corrected chi connectivity index (χ3v) is 2.79. The minimum absolute atomic E-state index is 0.166. The normalized spacial score (nSPS) is 12.1. The molecule has 0 amide bonds. The highest BCUT2D eigenvalue weighted by atomic mass is 16.5. The molecule has 0 aliphatic rings. The van der Waals surface area contributed by atoms with Crippen molar-refractivity contribution in [2.45, 2.75) is 19.3 Å². The van der Waals surface area contributed by atoms with Crippen molar-refractivity contribution in [1.29, 1.82) is 0 Å². The van der Waals surface area contributed by atoms with Gasteiger partial charge in [-0.2, -0.15) is 0 Å². The molecular weight excluding hydrogens is 230 g/mol. The second kappa shape index (κ2) is 5.95. The molecule has 94 valence electrons. The van der Waals surface area contributed by atoms with Gasteiger partial charge in [0.1, 0.15) is 11.6 Å². The van der Waals surface area contributed by atoms with Crippen LogP contribution >= 0.6 is 0 Å². The number of rotatable bonds is 6. The second-order valence-electron chi connectivity index (χ2n) is 4.01. The Labute approximate surface area is 105 Å². The molecule has 0 fully saturated rings. The Balaban J connectivity index is 2.03. The molecule has 2 aromatic rings. The van der Waals surface area contributed by atoms with Gasteiger partial charge in [0.25, 0.3) is 6.47 Å². The van der Waals surface area contributed by atoms with Gasteiger partial charge in [0, 0.05) is 12.3 Å². The summed E-state index contributed by atoms with van der Waals surface area (Å²) >= 11 is 0. The Kier molecular flexibility index (Phi) is 4.06. The maximum absolute atomic E-state index is 10.0. The lowest BCUT2D eigenvalue weighted by molar-refractivity contribution is -0.128. The van der Waals surface area contributed by atoms with Gasteiger partial charge in [-0.25, -0.2) is 0 Å². The zero-order valence-electron chi connectivity index (χ0n) is 10.2. The van der Waals surface area contributed by atoms with E-state index in [1.54, 1.807) is 0 Å². The Morgan fingerprint density at radius 2 is 2.11 bits per heavy atom.